The first-order chi connectivity index (χ1) is 20.9. The van der Waals surface area contributed by atoms with Crippen LogP contribution in [0.2, 0.25) is 0 Å². The average Bonchev–Trinajstić information content (AvgIpc) is 3.61. The van der Waals surface area contributed by atoms with Crippen molar-refractivity contribution in [2.75, 3.05) is 11.5 Å². The molecule has 6 rings (SSSR count). The Morgan fingerprint density at radius 2 is 1.40 bits per heavy atom. The number of rotatable bonds is 7. The van der Waals surface area contributed by atoms with E-state index in [9.17, 15) is 19.5 Å². The second-order valence-electron chi connectivity index (χ2n) is 9.66. The zero-order valence-electron chi connectivity index (χ0n) is 22.4. The van der Waals surface area contributed by atoms with Gasteiger partial charge in [0.1, 0.15) is 25.1 Å². The van der Waals surface area contributed by atoms with E-state index in [1.807, 2.05) is 0 Å². The first kappa shape index (κ1) is 27.8. The molecule has 12 heteroatoms. The summed E-state index contributed by atoms with van der Waals surface area (Å²) in [6, 6.07) is 24.6. The Balaban J connectivity index is 1.31. The highest BCUT2D eigenvalue weighted by Crippen LogP contribution is 2.35. The number of alkyl halides is 1. The molecule has 0 spiro atoms. The number of halogens is 1. The molecule has 3 heterocycles. The summed E-state index contributed by atoms with van der Waals surface area (Å²) in [5, 5.41) is 10.7. The van der Waals surface area contributed by atoms with Crippen LogP contribution in [0.15, 0.2) is 104 Å². The van der Waals surface area contributed by atoms with Gasteiger partial charge in [0.25, 0.3) is 11.8 Å². The molecule has 0 bridgehead atoms. The van der Waals surface area contributed by atoms with Gasteiger partial charge in [0.05, 0.1) is 11.9 Å². The van der Waals surface area contributed by atoms with Crippen molar-refractivity contribution in [3.8, 4) is 0 Å². The van der Waals surface area contributed by atoms with Crippen LogP contribution in [0.4, 0.5) is 10.2 Å². The number of imide groups is 1. The number of ether oxygens (including phenoxy) is 2. The molecule has 11 nitrogen and oxygen atoms in total. The summed E-state index contributed by atoms with van der Waals surface area (Å²) >= 11 is 0. The molecule has 0 saturated carbocycles. The van der Waals surface area contributed by atoms with Crippen molar-refractivity contribution < 1.29 is 33.4 Å². The summed E-state index contributed by atoms with van der Waals surface area (Å²) in [5.74, 6) is -2.06. The number of fused-ring (bicyclic) bond motifs is 1. The number of amides is 2. The predicted molar refractivity (Wildman–Crippen MR) is 151 cm³/mol. The summed E-state index contributed by atoms with van der Waals surface area (Å²) in [6.07, 6.45) is -3.76. The summed E-state index contributed by atoms with van der Waals surface area (Å²) in [5.41, 5.74) is 0.884. The highest BCUT2D eigenvalue weighted by atomic mass is 19.1. The van der Waals surface area contributed by atoms with E-state index in [0.717, 1.165) is 11.2 Å². The fraction of sp³-hybridized carbons (Fsp3) is 0.161. The quantitative estimate of drug-likeness (QED) is 0.225. The molecular weight excluding hydrogens is 557 g/mol. The van der Waals surface area contributed by atoms with E-state index in [4.69, 9.17) is 9.47 Å². The molecule has 3 aromatic carbocycles. The molecule has 0 unspecified atom stereocenters. The maximum absolute atomic E-state index is 15.1. The lowest BCUT2D eigenvalue weighted by molar-refractivity contribution is -0.0544. The van der Waals surface area contributed by atoms with Crippen LogP contribution in [0.3, 0.4) is 0 Å². The summed E-state index contributed by atoms with van der Waals surface area (Å²) < 4.78 is 27.4. The van der Waals surface area contributed by atoms with Crippen molar-refractivity contribution in [3.05, 3.63) is 120 Å². The van der Waals surface area contributed by atoms with Gasteiger partial charge in [-0.25, -0.2) is 29.0 Å². The summed E-state index contributed by atoms with van der Waals surface area (Å²) in [7, 11) is 0. The van der Waals surface area contributed by atoms with E-state index in [2.05, 4.69) is 15.0 Å². The number of nitrogens with zero attached hydrogens (tertiary/aromatic N) is 5. The first-order valence-corrected chi connectivity index (χ1v) is 13.3. The number of hydrogen-bond acceptors (Lipinski definition) is 9. The maximum Gasteiger partial charge on any atom is 0.338 e. The minimum atomic E-state index is -1.90. The molecule has 2 aromatic heterocycles. The second kappa shape index (κ2) is 11.9. The van der Waals surface area contributed by atoms with Crippen LogP contribution >= 0.6 is 0 Å². The van der Waals surface area contributed by atoms with Crippen molar-refractivity contribution in [3.63, 3.8) is 0 Å². The van der Waals surface area contributed by atoms with Crippen LogP contribution in [0, 0.1) is 0 Å². The van der Waals surface area contributed by atoms with E-state index < -0.39 is 49.0 Å². The van der Waals surface area contributed by atoms with Gasteiger partial charge in [-0.3, -0.25) is 14.2 Å². The molecule has 1 fully saturated rings. The Labute approximate surface area is 244 Å². The minimum absolute atomic E-state index is 0.0428. The number of anilines is 1. The highest BCUT2D eigenvalue weighted by Gasteiger charge is 2.46. The van der Waals surface area contributed by atoms with E-state index in [-0.39, 0.29) is 33.7 Å². The highest BCUT2D eigenvalue weighted by molar-refractivity contribution is 6.27. The smallest absolute Gasteiger partial charge is 0.338 e. The SMILES string of the molecule is O=C(OC[C@@H]1O[C@H](n2cnc3c(N(C(=O)c4ccccc4)C(=O)c4ccccc4)ncnc32)[C@H](O)[C@@H]1F)c1ccccc1. The molecule has 43 heavy (non-hydrogen) atoms. The van der Waals surface area contributed by atoms with Crippen molar-refractivity contribution >= 4 is 34.8 Å². The molecule has 1 aliphatic rings. The molecule has 1 N–H and O–H groups in total. The Kier molecular flexibility index (Phi) is 7.69. The molecule has 1 saturated heterocycles. The van der Waals surface area contributed by atoms with Crippen LogP contribution in [0.25, 0.3) is 11.2 Å². The Hall–Kier alpha value is -5.33. The zero-order chi connectivity index (χ0) is 29.9. The number of aromatic nitrogens is 4. The lowest BCUT2D eigenvalue weighted by Crippen LogP contribution is -2.38. The van der Waals surface area contributed by atoms with E-state index in [0.29, 0.717) is 0 Å². The number of aliphatic hydroxyl groups is 1. The summed E-state index contributed by atoms with van der Waals surface area (Å²) in [6.45, 7) is -0.444. The van der Waals surface area contributed by atoms with E-state index in [1.54, 1.807) is 91.0 Å². The fourth-order valence-electron chi connectivity index (χ4n) is 4.78. The van der Waals surface area contributed by atoms with Gasteiger partial charge in [-0.2, -0.15) is 0 Å². The molecular formula is C31H24FN5O6. The molecule has 1 aliphatic heterocycles. The molecule has 0 radical (unpaired) electrons. The molecule has 0 aliphatic carbocycles. The Morgan fingerprint density at radius 1 is 0.837 bits per heavy atom. The largest absolute Gasteiger partial charge is 0.459 e. The van der Waals surface area contributed by atoms with E-state index >= 15 is 4.39 Å². The lowest BCUT2D eigenvalue weighted by atomic mass is 10.1. The van der Waals surface area contributed by atoms with Gasteiger partial charge in [-0.05, 0) is 36.4 Å². The van der Waals surface area contributed by atoms with Gasteiger partial charge in [0.15, 0.2) is 29.4 Å². The lowest BCUT2D eigenvalue weighted by Gasteiger charge is -2.21. The van der Waals surface area contributed by atoms with Gasteiger partial charge < -0.3 is 14.6 Å². The van der Waals surface area contributed by atoms with Crippen molar-refractivity contribution in [1.82, 2.24) is 19.5 Å². The van der Waals surface area contributed by atoms with Gasteiger partial charge in [-0.15, -0.1) is 0 Å². The van der Waals surface area contributed by atoms with Gasteiger partial charge in [0.2, 0.25) is 0 Å². The number of carbonyl (C=O) groups excluding carboxylic acids is 3. The number of aliphatic hydroxyl groups excluding tert-OH is 1. The number of esters is 1. The van der Waals surface area contributed by atoms with Crippen LogP contribution in [-0.2, 0) is 9.47 Å². The average molecular weight is 582 g/mol. The number of imidazole rings is 1. The molecule has 5 aromatic rings. The standard InChI is InChI=1S/C31H24FN5O6/c32-23-22(16-42-31(41)21-14-8-3-9-15-21)43-30(25(23)38)36-18-35-24-26(36)33-17-34-27(24)37(28(39)19-10-4-1-5-11-19)29(40)20-12-6-2-7-13-20/h1-15,17-18,22-23,25,30,38H,16H2/t22-,23+,25+,30-/m0/s1. The fourth-order valence-corrected chi connectivity index (χ4v) is 4.78. The van der Waals surface area contributed by atoms with Crippen LogP contribution in [0.5, 0.6) is 0 Å². The number of hydrogen-bond donors (Lipinski definition) is 1. The Bertz CT molecular complexity index is 1720. The number of carbonyl (C=O) groups is 3. The topological polar surface area (TPSA) is 137 Å². The normalized spacial score (nSPS) is 19.7. The third-order valence-electron chi connectivity index (χ3n) is 6.95. The Morgan fingerprint density at radius 3 is 1.98 bits per heavy atom. The number of benzene rings is 3. The third-order valence-corrected chi connectivity index (χ3v) is 6.95. The molecule has 4 atom stereocenters. The van der Waals surface area contributed by atoms with Crippen LogP contribution in [-0.4, -0.2) is 67.4 Å². The predicted octanol–water partition coefficient (Wildman–Crippen LogP) is 3.77. The van der Waals surface area contributed by atoms with Crippen LogP contribution in [0.1, 0.15) is 37.3 Å². The van der Waals surface area contributed by atoms with Crippen molar-refractivity contribution in [2.45, 2.75) is 24.6 Å². The van der Waals surface area contributed by atoms with Gasteiger partial charge >= 0.3 is 5.97 Å². The van der Waals surface area contributed by atoms with Crippen molar-refractivity contribution in [1.29, 1.82) is 0 Å². The zero-order valence-corrected chi connectivity index (χ0v) is 22.4. The maximum atomic E-state index is 15.1. The van der Waals surface area contributed by atoms with E-state index in [1.165, 1.54) is 10.9 Å². The molecule has 2 amide bonds. The van der Waals surface area contributed by atoms with Gasteiger partial charge in [-0.1, -0.05) is 54.6 Å². The monoisotopic (exact) mass is 581 g/mol. The first-order valence-electron chi connectivity index (χ1n) is 13.3. The molecule has 216 valence electrons. The van der Waals surface area contributed by atoms with Gasteiger partial charge in [0, 0.05) is 11.1 Å². The summed E-state index contributed by atoms with van der Waals surface area (Å²) in [4.78, 5) is 53.4. The van der Waals surface area contributed by atoms with Crippen LogP contribution < -0.4 is 4.90 Å². The minimum Gasteiger partial charge on any atom is -0.459 e. The second-order valence-corrected chi connectivity index (χ2v) is 9.66. The van der Waals surface area contributed by atoms with Crippen molar-refractivity contribution in [2.24, 2.45) is 0 Å². The third kappa shape index (κ3) is 5.36.